The fourth-order valence-corrected chi connectivity index (χ4v) is 2.31. The van der Waals surface area contributed by atoms with Gasteiger partial charge in [0.05, 0.1) is 0 Å². The van der Waals surface area contributed by atoms with Gasteiger partial charge in [-0.2, -0.15) is 0 Å². The molecule has 1 aliphatic rings. The molecule has 1 aromatic rings. The van der Waals surface area contributed by atoms with Crippen LogP contribution in [0.3, 0.4) is 0 Å². The van der Waals surface area contributed by atoms with E-state index in [0.29, 0.717) is 17.3 Å². The van der Waals surface area contributed by atoms with Crippen LogP contribution in [-0.4, -0.2) is 18.0 Å². The molecule has 0 saturated heterocycles. The number of anilines is 2. The summed E-state index contributed by atoms with van der Waals surface area (Å²) < 4.78 is 0. The molecular formula is C18H27N3O2. The van der Waals surface area contributed by atoms with Crippen molar-refractivity contribution in [3.8, 4) is 0 Å². The summed E-state index contributed by atoms with van der Waals surface area (Å²) in [6.07, 6.45) is 3.99. The maximum Gasteiger partial charge on any atom is 0.319 e. The summed E-state index contributed by atoms with van der Waals surface area (Å²) in [4.78, 5) is 23.8. The van der Waals surface area contributed by atoms with Gasteiger partial charge in [0.1, 0.15) is 0 Å². The lowest BCUT2D eigenvalue weighted by molar-refractivity contribution is -0.117. The van der Waals surface area contributed by atoms with Crippen molar-refractivity contribution in [2.75, 3.05) is 10.6 Å². The third kappa shape index (κ3) is 6.30. The monoisotopic (exact) mass is 317 g/mol. The van der Waals surface area contributed by atoms with Crippen LogP contribution in [0.15, 0.2) is 24.3 Å². The normalized spacial score (nSPS) is 15.1. The standard InChI is InChI=1S/C18H27N3O2/c1-12(2)7-8-13(3)19-18(23)21-16-6-4-5-15(11-16)20-17(22)14-9-10-14/h4-6,11-14H,7-10H2,1-3H3,(H,20,22)(H2,19,21,23)/t13-/m0/s1. The van der Waals surface area contributed by atoms with E-state index in [4.69, 9.17) is 0 Å². The Bertz CT molecular complexity index is 553. The van der Waals surface area contributed by atoms with Crippen LogP contribution >= 0.6 is 0 Å². The Morgan fingerprint density at radius 2 is 1.74 bits per heavy atom. The summed E-state index contributed by atoms with van der Waals surface area (Å²) in [5.74, 6) is 0.861. The van der Waals surface area contributed by atoms with E-state index in [1.165, 1.54) is 0 Å². The molecule has 5 nitrogen and oxygen atoms in total. The third-order valence-corrected chi connectivity index (χ3v) is 3.89. The lowest BCUT2D eigenvalue weighted by Crippen LogP contribution is -2.36. The molecule has 3 amide bonds. The van der Waals surface area contributed by atoms with Crippen molar-refractivity contribution in [2.24, 2.45) is 11.8 Å². The molecule has 0 spiro atoms. The molecule has 3 N–H and O–H groups in total. The Morgan fingerprint density at radius 3 is 2.35 bits per heavy atom. The number of urea groups is 1. The number of benzene rings is 1. The molecule has 1 atom stereocenters. The van der Waals surface area contributed by atoms with E-state index < -0.39 is 0 Å². The van der Waals surface area contributed by atoms with Crippen molar-refractivity contribution in [1.29, 1.82) is 0 Å². The minimum absolute atomic E-state index is 0.0638. The van der Waals surface area contributed by atoms with Gasteiger partial charge in [0.15, 0.2) is 0 Å². The Labute approximate surface area is 138 Å². The highest BCUT2D eigenvalue weighted by molar-refractivity contribution is 5.95. The summed E-state index contributed by atoms with van der Waals surface area (Å²) in [7, 11) is 0. The van der Waals surface area contributed by atoms with Crippen molar-refractivity contribution >= 4 is 23.3 Å². The lowest BCUT2D eigenvalue weighted by atomic mass is 10.0. The molecule has 23 heavy (non-hydrogen) atoms. The fraction of sp³-hybridized carbons (Fsp3) is 0.556. The van der Waals surface area contributed by atoms with Crippen LogP contribution in [0.4, 0.5) is 16.2 Å². The molecule has 0 bridgehead atoms. The molecule has 0 heterocycles. The highest BCUT2D eigenvalue weighted by atomic mass is 16.2. The number of carbonyl (C=O) groups excluding carboxylic acids is 2. The van der Waals surface area contributed by atoms with Crippen LogP contribution in [-0.2, 0) is 4.79 Å². The lowest BCUT2D eigenvalue weighted by Gasteiger charge is -2.16. The van der Waals surface area contributed by atoms with Gasteiger partial charge in [-0.3, -0.25) is 4.79 Å². The first-order valence-corrected chi connectivity index (χ1v) is 8.42. The SMILES string of the molecule is CC(C)CC[C@H](C)NC(=O)Nc1cccc(NC(=O)C2CC2)c1. The molecule has 2 rings (SSSR count). The van der Waals surface area contributed by atoms with Crippen LogP contribution < -0.4 is 16.0 Å². The quantitative estimate of drug-likeness (QED) is 0.712. The first kappa shape index (κ1) is 17.3. The average Bonchev–Trinajstić information content (AvgIpc) is 3.30. The molecule has 1 fully saturated rings. The predicted molar refractivity (Wildman–Crippen MR) is 93.5 cm³/mol. The molecule has 0 radical (unpaired) electrons. The molecule has 1 saturated carbocycles. The van der Waals surface area contributed by atoms with Crippen molar-refractivity contribution in [2.45, 2.75) is 52.5 Å². The van der Waals surface area contributed by atoms with Crippen molar-refractivity contribution in [3.63, 3.8) is 0 Å². The number of nitrogens with one attached hydrogen (secondary N) is 3. The van der Waals surface area contributed by atoms with Gasteiger partial charge in [-0.1, -0.05) is 19.9 Å². The van der Waals surface area contributed by atoms with Crippen LogP contribution in [0.25, 0.3) is 0 Å². The molecule has 5 heteroatoms. The second-order valence-electron chi connectivity index (χ2n) is 6.82. The van der Waals surface area contributed by atoms with E-state index in [9.17, 15) is 9.59 Å². The zero-order valence-corrected chi connectivity index (χ0v) is 14.2. The van der Waals surface area contributed by atoms with Crippen LogP contribution in [0, 0.1) is 11.8 Å². The molecule has 0 aromatic heterocycles. The van der Waals surface area contributed by atoms with E-state index in [0.717, 1.165) is 25.7 Å². The number of amides is 3. The minimum Gasteiger partial charge on any atom is -0.335 e. The molecule has 1 aromatic carbocycles. The largest absolute Gasteiger partial charge is 0.335 e. The highest BCUT2D eigenvalue weighted by Crippen LogP contribution is 2.30. The first-order chi connectivity index (χ1) is 10.9. The fourth-order valence-electron chi connectivity index (χ4n) is 2.31. The summed E-state index contributed by atoms with van der Waals surface area (Å²) in [6, 6.07) is 7.15. The number of hydrogen-bond donors (Lipinski definition) is 3. The zero-order valence-electron chi connectivity index (χ0n) is 14.2. The number of hydrogen-bond acceptors (Lipinski definition) is 2. The second-order valence-corrected chi connectivity index (χ2v) is 6.82. The maximum absolute atomic E-state index is 12.0. The average molecular weight is 317 g/mol. The Hall–Kier alpha value is -2.04. The van der Waals surface area contributed by atoms with E-state index in [1.807, 2.05) is 25.1 Å². The number of rotatable bonds is 7. The van der Waals surface area contributed by atoms with Gasteiger partial charge in [0.25, 0.3) is 0 Å². The van der Waals surface area contributed by atoms with Gasteiger partial charge < -0.3 is 16.0 Å². The van der Waals surface area contributed by atoms with Gasteiger partial charge >= 0.3 is 6.03 Å². The third-order valence-electron chi connectivity index (χ3n) is 3.89. The van der Waals surface area contributed by atoms with Gasteiger partial charge in [-0.05, 0) is 56.7 Å². The van der Waals surface area contributed by atoms with E-state index in [2.05, 4.69) is 29.8 Å². The van der Waals surface area contributed by atoms with Crippen molar-refractivity contribution in [1.82, 2.24) is 5.32 Å². The van der Waals surface area contributed by atoms with Crippen molar-refractivity contribution < 1.29 is 9.59 Å². The molecular weight excluding hydrogens is 290 g/mol. The summed E-state index contributed by atoms with van der Waals surface area (Å²) >= 11 is 0. The summed E-state index contributed by atoms with van der Waals surface area (Å²) in [5.41, 5.74) is 1.39. The Balaban J connectivity index is 1.81. The number of carbonyl (C=O) groups is 2. The van der Waals surface area contributed by atoms with Crippen LogP contribution in [0.2, 0.25) is 0 Å². The van der Waals surface area contributed by atoms with Crippen molar-refractivity contribution in [3.05, 3.63) is 24.3 Å². The Morgan fingerprint density at radius 1 is 1.09 bits per heavy atom. The van der Waals surface area contributed by atoms with E-state index in [-0.39, 0.29) is 23.9 Å². The minimum atomic E-state index is -0.216. The smallest absolute Gasteiger partial charge is 0.319 e. The van der Waals surface area contributed by atoms with Gasteiger partial charge in [0, 0.05) is 23.3 Å². The van der Waals surface area contributed by atoms with Crippen LogP contribution in [0.5, 0.6) is 0 Å². The predicted octanol–water partition coefficient (Wildman–Crippen LogP) is 3.98. The molecule has 126 valence electrons. The van der Waals surface area contributed by atoms with E-state index in [1.54, 1.807) is 6.07 Å². The molecule has 0 aliphatic heterocycles. The summed E-state index contributed by atoms with van der Waals surface area (Å²) in [5, 5.41) is 8.63. The second kappa shape index (κ2) is 7.99. The summed E-state index contributed by atoms with van der Waals surface area (Å²) in [6.45, 7) is 6.36. The maximum atomic E-state index is 12.0. The topological polar surface area (TPSA) is 70.2 Å². The van der Waals surface area contributed by atoms with Gasteiger partial charge in [-0.15, -0.1) is 0 Å². The first-order valence-electron chi connectivity index (χ1n) is 8.42. The van der Waals surface area contributed by atoms with Gasteiger partial charge in [0.2, 0.25) is 5.91 Å². The molecule has 1 aliphatic carbocycles. The van der Waals surface area contributed by atoms with Gasteiger partial charge in [-0.25, -0.2) is 4.79 Å². The Kier molecular flexibility index (Phi) is 6.02. The van der Waals surface area contributed by atoms with Crippen LogP contribution in [0.1, 0.15) is 46.5 Å². The molecule has 0 unspecified atom stereocenters. The zero-order chi connectivity index (χ0) is 16.8. The van der Waals surface area contributed by atoms with E-state index >= 15 is 0 Å². The highest BCUT2D eigenvalue weighted by Gasteiger charge is 2.29.